The van der Waals surface area contributed by atoms with Crippen LogP contribution in [0.2, 0.25) is 0 Å². The van der Waals surface area contributed by atoms with Crippen molar-refractivity contribution in [1.29, 1.82) is 0 Å². The molecule has 0 bridgehead atoms. The van der Waals surface area contributed by atoms with E-state index < -0.39 is 0 Å². The van der Waals surface area contributed by atoms with Gasteiger partial charge < -0.3 is 14.7 Å². The zero-order chi connectivity index (χ0) is 12.0. The van der Waals surface area contributed by atoms with Crippen molar-refractivity contribution in [2.75, 3.05) is 20.3 Å². The number of benzene rings is 1. The highest BCUT2D eigenvalue weighted by atomic mass is 16.5. The zero-order valence-electron chi connectivity index (χ0n) is 9.86. The Hall–Kier alpha value is -1.55. The Kier molecular flexibility index (Phi) is 4.79. The molecule has 0 aliphatic carbocycles. The van der Waals surface area contributed by atoms with E-state index in [1.54, 1.807) is 14.0 Å². The van der Waals surface area contributed by atoms with Gasteiger partial charge in [-0.1, -0.05) is 5.16 Å². The lowest BCUT2D eigenvalue weighted by molar-refractivity contribution is 0.146. The van der Waals surface area contributed by atoms with Crippen molar-refractivity contribution < 1.29 is 14.7 Å². The molecule has 0 unspecified atom stereocenters. The minimum Gasteiger partial charge on any atom is -0.491 e. The molecule has 0 aromatic heterocycles. The Morgan fingerprint density at radius 2 is 2.12 bits per heavy atom. The van der Waals surface area contributed by atoms with Gasteiger partial charge in [0.15, 0.2) is 0 Å². The summed E-state index contributed by atoms with van der Waals surface area (Å²) in [6.45, 7) is 4.80. The summed E-state index contributed by atoms with van der Waals surface area (Å²) in [5.74, 6) is 0.825. The number of oxime groups is 1. The molecule has 0 saturated carbocycles. The van der Waals surface area contributed by atoms with E-state index in [1.807, 2.05) is 25.1 Å². The van der Waals surface area contributed by atoms with E-state index in [2.05, 4.69) is 5.16 Å². The second-order valence-corrected chi connectivity index (χ2v) is 3.51. The zero-order valence-corrected chi connectivity index (χ0v) is 9.86. The summed E-state index contributed by atoms with van der Waals surface area (Å²) in [6.07, 6.45) is 0. The minimum atomic E-state index is 0.532. The predicted octanol–water partition coefficient (Wildman–Crippen LogP) is 2.22. The number of methoxy groups -OCH3 is 1. The molecule has 0 heterocycles. The summed E-state index contributed by atoms with van der Waals surface area (Å²) in [6, 6.07) is 5.66. The number of nitrogens with zero attached hydrogens (tertiary/aromatic N) is 1. The molecular weight excluding hydrogens is 206 g/mol. The third-order valence-corrected chi connectivity index (χ3v) is 2.29. The van der Waals surface area contributed by atoms with E-state index in [4.69, 9.17) is 14.7 Å². The normalized spacial score (nSPS) is 11.6. The molecule has 1 aromatic rings. The van der Waals surface area contributed by atoms with Crippen molar-refractivity contribution >= 4 is 5.71 Å². The first-order valence-corrected chi connectivity index (χ1v) is 5.10. The summed E-state index contributed by atoms with van der Waals surface area (Å²) >= 11 is 0. The largest absolute Gasteiger partial charge is 0.491 e. The Morgan fingerprint density at radius 1 is 1.38 bits per heavy atom. The first-order valence-electron chi connectivity index (χ1n) is 5.10. The van der Waals surface area contributed by atoms with Gasteiger partial charge >= 0.3 is 0 Å². The lowest BCUT2D eigenvalue weighted by atomic mass is 10.1. The molecule has 88 valence electrons. The van der Waals surface area contributed by atoms with Gasteiger partial charge in [-0.3, -0.25) is 0 Å². The van der Waals surface area contributed by atoms with Gasteiger partial charge in [0.2, 0.25) is 0 Å². The van der Waals surface area contributed by atoms with Crippen LogP contribution in [0.15, 0.2) is 23.4 Å². The maximum Gasteiger partial charge on any atom is 0.122 e. The van der Waals surface area contributed by atoms with Crippen molar-refractivity contribution in [2.45, 2.75) is 13.8 Å². The second kappa shape index (κ2) is 6.12. The van der Waals surface area contributed by atoms with E-state index in [9.17, 15) is 0 Å². The molecule has 1 rings (SSSR count). The van der Waals surface area contributed by atoms with Gasteiger partial charge in [0, 0.05) is 7.11 Å². The van der Waals surface area contributed by atoms with Crippen molar-refractivity contribution in [3.05, 3.63) is 29.3 Å². The monoisotopic (exact) mass is 223 g/mol. The maximum absolute atomic E-state index is 8.66. The average Bonchev–Trinajstić information content (AvgIpc) is 2.30. The highest BCUT2D eigenvalue weighted by Crippen LogP contribution is 2.19. The van der Waals surface area contributed by atoms with Gasteiger partial charge in [-0.05, 0) is 43.2 Å². The molecule has 0 atom stereocenters. The van der Waals surface area contributed by atoms with Gasteiger partial charge in [0.1, 0.15) is 12.4 Å². The van der Waals surface area contributed by atoms with Crippen LogP contribution in [-0.4, -0.2) is 31.2 Å². The van der Waals surface area contributed by atoms with Gasteiger partial charge in [0.25, 0.3) is 0 Å². The predicted molar refractivity (Wildman–Crippen MR) is 62.5 cm³/mol. The standard InChI is InChI=1S/C12H17NO3/c1-9-8-11(10(2)13-14)4-5-12(9)16-7-6-15-3/h4-5,8,14H,6-7H2,1-3H3/b13-10+. The van der Waals surface area contributed by atoms with Crippen LogP contribution in [-0.2, 0) is 4.74 Å². The second-order valence-electron chi connectivity index (χ2n) is 3.51. The van der Waals surface area contributed by atoms with Gasteiger partial charge in [-0.25, -0.2) is 0 Å². The van der Waals surface area contributed by atoms with E-state index in [0.29, 0.717) is 18.9 Å². The number of rotatable bonds is 5. The molecule has 4 heteroatoms. The Bertz CT molecular complexity index is 375. The summed E-state index contributed by atoms with van der Waals surface area (Å²) in [4.78, 5) is 0. The number of hydrogen-bond donors (Lipinski definition) is 1. The molecule has 0 fully saturated rings. The van der Waals surface area contributed by atoms with Crippen LogP contribution in [0.3, 0.4) is 0 Å². The third-order valence-electron chi connectivity index (χ3n) is 2.29. The van der Waals surface area contributed by atoms with Gasteiger partial charge in [-0.15, -0.1) is 0 Å². The molecule has 0 saturated heterocycles. The average molecular weight is 223 g/mol. The number of hydrogen-bond acceptors (Lipinski definition) is 4. The molecule has 16 heavy (non-hydrogen) atoms. The number of ether oxygens (including phenoxy) is 2. The van der Waals surface area contributed by atoms with Crippen molar-refractivity contribution in [1.82, 2.24) is 0 Å². The highest BCUT2D eigenvalue weighted by Gasteiger charge is 2.03. The van der Waals surface area contributed by atoms with Crippen LogP contribution in [0.4, 0.5) is 0 Å². The Labute approximate surface area is 95.5 Å². The van der Waals surface area contributed by atoms with Crippen LogP contribution in [0.25, 0.3) is 0 Å². The first-order chi connectivity index (χ1) is 7.69. The summed E-state index contributed by atoms with van der Waals surface area (Å²) < 4.78 is 10.4. The molecular formula is C12H17NO3. The van der Waals surface area contributed by atoms with Crippen LogP contribution >= 0.6 is 0 Å². The van der Waals surface area contributed by atoms with Crippen LogP contribution < -0.4 is 4.74 Å². The molecule has 0 amide bonds. The molecule has 0 aliphatic rings. The maximum atomic E-state index is 8.66. The fourth-order valence-electron chi connectivity index (χ4n) is 1.33. The van der Waals surface area contributed by atoms with Crippen LogP contribution in [0, 0.1) is 6.92 Å². The molecule has 0 spiro atoms. The Morgan fingerprint density at radius 3 is 2.69 bits per heavy atom. The fraction of sp³-hybridized carbons (Fsp3) is 0.417. The topological polar surface area (TPSA) is 51.0 Å². The van der Waals surface area contributed by atoms with E-state index >= 15 is 0 Å². The van der Waals surface area contributed by atoms with Crippen molar-refractivity contribution in [2.24, 2.45) is 5.16 Å². The lowest BCUT2D eigenvalue weighted by Gasteiger charge is -2.09. The highest BCUT2D eigenvalue weighted by molar-refractivity contribution is 5.98. The van der Waals surface area contributed by atoms with E-state index in [-0.39, 0.29) is 0 Å². The number of aryl methyl sites for hydroxylation is 1. The molecule has 1 N–H and O–H groups in total. The molecule has 0 aliphatic heterocycles. The fourth-order valence-corrected chi connectivity index (χ4v) is 1.33. The summed E-state index contributed by atoms with van der Waals surface area (Å²) in [5, 5.41) is 11.8. The van der Waals surface area contributed by atoms with Crippen LogP contribution in [0.1, 0.15) is 18.1 Å². The molecule has 4 nitrogen and oxygen atoms in total. The molecule has 1 aromatic carbocycles. The SMILES string of the molecule is COCCOc1ccc(/C(C)=N/O)cc1C. The smallest absolute Gasteiger partial charge is 0.122 e. The van der Waals surface area contributed by atoms with Crippen molar-refractivity contribution in [3.8, 4) is 5.75 Å². The quantitative estimate of drug-likeness (QED) is 0.360. The van der Waals surface area contributed by atoms with E-state index in [0.717, 1.165) is 16.9 Å². The minimum absolute atomic E-state index is 0.532. The van der Waals surface area contributed by atoms with Crippen molar-refractivity contribution in [3.63, 3.8) is 0 Å². The van der Waals surface area contributed by atoms with E-state index in [1.165, 1.54) is 0 Å². The molecule has 0 radical (unpaired) electrons. The summed E-state index contributed by atoms with van der Waals surface area (Å²) in [5.41, 5.74) is 2.49. The summed E-state index contributed by atoms with van der Waals surface area (Å²) in [7, 11) is 1.64. The lowest BCUT2D eigenvalue weighted by Crippen LogP contribution is -2.05. The third kappa shape index (κ3) is 3.24. The first kappa shape index (κ1) is 12.5. The van der Waals surface area contributed by atoms with Gasteiger partial charge in [-0.2, -0.15) is 0 Å². The van der Waals surface area contributed by atoms with Crippen LogP contribution in [0.5, 0.6) is 5.75 Å². The van der Waals surface area contributed by atoms with Gasteiger partial charge in [0.05, 0.1) is 12.3 Å². The Balaban J connectivity index is 2.75.